The van der Waals surface area contributed by atoms with E-state index in [4.69, 9.17) is 0 Å². The maximum absolute atomic E-state index is 4.19. The lowest BCUT2D eigenvalue weighted by molar-refractivity contribution is 1.20. The minimum atomic E-state index is 0.993. The second-order valence-electron chi connectivity index (χ2n) is 4.66. The molecule has 0 saturated heterocycles. The predicted molar refractivity (Wildman–Crippen MR) is 91.0 cm³/mol. The lowest BCUT2D eigenvalue weighted by Crippen LogP contribution is -1.92. The van der Waals surface area contributed by atoms with Crippen LogP contribution in [-0.2, 0) is 0 Å². The van der Waals surface area contributed by atoms with Gasteiger partial charge < -0.3 is 5.32 Å². The van der Waals surface area contributed by atoms with Gasteiger partial charge in [0.05, 0.1) is 0 Å². The summed E-state index contributed by atoms with van der Waals surface area (Å²) in [5.74, 6) is 0. The summed E-state index contributed by atoms with van der Waals surface area (Å²) >= 11 is 0. The first kappa shape index (κ1) is 14.7. The normalized spacial score (nSPS) is 11.6. The fourth-order valence-electron chi connectivity index (χ4n) is 2.03. The number of aryl methyl sites for hydroxylation is 1. The average Bonchev–Trinajstić information content (AvgIpc) is 2.48. The summed E-state index contributed by atoms with van der Waals surface area (Å²) in [6.07, 6.45) is 7.57. The van der Waals surface area contributed by atoms with Gasteiger partial charge in [0.15, 0.2) is 0 Å². The van der Waals surface area contributed by atoms with Gasteiger partial charge in [0, 0.05) is 29.5 Å². The molecule has 1 aromatic carbocycles. The molecular formula is C18H19N3. The summed E-state index contributed by atoms with van der Waals surface area (Å²) in [5.41, 5.74) is 5.21. The smallest absolute Gasteiger partial charge is 0.0417 e. The zero-order chi connectivity index (χ0) is 15.1. The SMILES string of the molecule is C=N/C=C(\C=C/C)c1ccc(Nc2ccnc(C)c2)cc1. The number of benzene rings is 1. The predicted octanol–water partition coefficient (Wildman–Crippen LogP) is 4.75. The topological polar surface area (TPSA) is 37.3 Å². The summed E-state index contributed by atoms with van der Waals surface area (Å²) in [7, 11) is 0. The van der Waals surface area contributed by atoms with E-state index in [1.807, 2.05) is 50.3 Å². The molecule has 2 rings (SSSR count). The third-order valence-corrected chi connectivity index (χ3v) is 2.98. The molecule has 1 heterocycles. The summed E-state index contributed by atoms with van der Waals surface area (Å²) in [6, 6.07) is 12.2. The zero-order valence-electron chi connectivity index (χ0n) is 12.4. The molecule has 0 fully saturated rings. The lowest BCUT2D eigenvalue weighted by Gasteiger charge is -2.08. The van der Waals surface area contributed by atoms with Gasteiger partial charge in [-0.3, -0.25) is 9.98 Å². The Bertz CT molecular complexity index is 667. The van der Waals surface area contributed by atoms with E-state index in [-0.39, 0.29) is 0 Å². The minimum Gasteiger partial charge on any atom is -0.355 e. The summed E-state index contributed by atoms with van der Waals surface area (Å²) in [5, 5.41) is 3.36. The fraction of sp³-hybridized carbons (Fsp3) is 0.111. The van der Waals surface area contributed by atoms with E-state index in [9.17, 15) is 0 Å². The van der Waals surface area contributed by atoms with Crippen LogP contribution in [0.5, 0.6) is 0 Å². The van der Waals surface area contributed by atoms with Crippen molar-refractivity contribution in [3.63, 3.8) is 0 Å². The van der Waals surface area contributed by atoms with Crippen molar-refractivity contribution in [1.29, 1.82) is 0 Å². The number of nitrogens with zero attached hydrogens (tertiary/aromatic N) is 2. The summed E-state index contributed by atoms with van der Waals surface area (Å²) < 4.78 is 0. The Balaban J connectivity index is 2.19. The van der Waals surface area contributed by atoms with Crippen molar-refractivity contribution < 1.29 is 0 Å². The molecule has 2 aromatic rings. The van der Waals surface area contributed by atoms with Gasteiger partial charge in [0.25, 0.3) is 0 Å². The number of aliphatic imine (C=N–C) groups is 1. The van der Waals surface area contributed by atoms with Crippen LogP contribution in [0.3, 0.4) is 0 Å². The van der Waals surface area contributed by atoms with Crippen molar-refractivity contribution in [3.05, 3.63) is 72.2 Å². The molecule has 21 heavy (non-hydrogen) atoms. The van der Waals surface area contributed by atoms with Gasteiger partial charge in [-0.2, -0.15) is 0 Å². The van der Waals surface area contributed by atoms with Gasteiger partial charge in [0.2, 0.25) is 0 Å². The van der Waals surface area contributed by atoms with Gasteiger partial charge in [-0.15, -0.1) is 0 Å². The molecule has 1 N–H and O–H groups in total. The van der Waals surface area contributed by atoms with Gasteiger partial charge in [0.1, 0.15) is 0 Å². The van der Waals surface area contributed by atoms with E-state index in [1.54, 1.807) is 12.4 Å². The Morgan fingerprint density at radius 3 is 2.57 bits per heavy atom. The highest BCUT2D eigenvalue weighted by Crippen LogP contribution is 2.21. The Hall–Kier alpha value is -2.68. The fourth-order valence-corrected chi connectivity index (χ4v) is 2.03. The highest BCUT2D eigenvalue weighted by atomic mass is 14.9. The average molecular weight is 277 g/mol. The molecule has 0 atom stereocenters. The molecule has 0 radical (unpaired) electrons. The van der Waals surface area contributed by atoms with E-state index in [1.165, 1.54) is 0 Å². The molecule has 0 amide bonds. The number of rotatable bonds is 5. The molecule has 0 aliphatic rings. The Morgan fingerprint density at radius 1 is 1.19 bits per heavy atom. The van der Waals surface area contributed by atoms with Crippen molar-refractivity contribution in [3.8, 4) is 0 Å². The highest BCUT2D eigenvalue weighted by molar-refractivity contribution is 5.75. The van der Waals surface area contributed by atoms with Crippen molar-refractivity contribution in [2.45, 2.75) is 13.8 Å². The van der Waals surface area contributed by atoms with Crippen molar-refractivity contribution >= 4 is 23.7 Å². The first-order chi connectivity index (χ1) is 10.2. The maximum Gasteiger partial charge on any atom is 0.0417 e. The van der Waals surface area contributed by atoms with E-state index in [0.717, 1.165) is 28.2 Å². The van der Waals surface area contributed by atoms with Gasteiger partial charge >= 0.3 is 0 Å². The van der Waals surface area contributed by atoms with Crippen LogP contribution in [0, 0.1) is 6.92 Å². The van der Waals surface area contributed by atoms with Crippen LogP contribution in [0.25, 0.3) is 5.57 Å². The van der Waals surface area contributed by atoms with E-state index < -0.39 is 0 Å². The molecule has 106 valence electrons. The molecular weight excluding hydrogens is 258 g/mol. The quantitative estimate of drug-likeness (QED) is 0.632. The molecule has 0 aliphatic heterocycles. The second kappa shape index (κ2) is 7.20. The molecule has 3 heteroatoms. The number of anilines is 2. The van der Waals surface area contributed by atoms with E-state index in [2.05, 4.69) is 34.1 Å². The zero-order valence-corrected chi connectivity index (χ0v) is 12.4. The van der Waals surface area contributed by atoms with E-state index in [0.29, 0.717) is 0 Å². The molecule has 1 aromatic heterocycles. The number of hydrogen-bond donors (Lipinski definition) is 1. The third kappa shape index (κ3) is 4.14. The molecule has 0 unspecified atom stereocenters. The number of aromatic nitrogens is 1. The van der Waals surface area contributed by atoms with Crippen molar-refractivity contribution in [2.75, 3.05) is 5.32 Å². The van der Waals surface area contributed by atoms with Crippen LogP contribution in [0.2, 0.25) is 0 Å². The van der Waals surface area contributed by atoms with Gasteiger partial charge in [-0.1, -0.05) is 24.3 Å². The monoisotopic (exact) mass is 277 g/mol. The molecule has 0 aliphatic carbocycles. The van der Waals surface area contributed by atoms with Crippen LogP contribution < -0.4 is 5.32 Å². The van der Waals surface area contributed by atoms with Crippen LogP contribution in [0.4, 0.5) is 11.4 Å². The third-order valence-electron chi connectivity index (χ3n) is 2.98. The Labute approximate surface area is 125 Å². The van der Waals surface area contributed by atoms with Crippen LogP contribution >= 0.6 is 0 Å². The highest BCUT2D eigenvalue weighted by Gasteiger charge is 1.99. The molecule has 0 bridgehead atoms. The van der Waals surface area contributed by atoms with Gasteiger partial charge in [-0.25, -0.2) is 0 Å². The first-order valence-corrected chi connectivity index (χ1v) is 6.81. The number of pyridine rings is 1. The number of hydrogen-bond acceptors (Lipinski definition) is 3. The molecule has 0 spiro atoms. The number of nitrogens with one attached hydrogen (secondary N) is 1. The van der Waals surface area contributed by atoms with Gasteiger partial charge in [-0.05, 0) is 56.0 Å². The lowest BCUT2D eigenvalue weighted by atomic mass is 10.1. The molecule has 3 nitrogen and oxygen atoms in total. The first-order valence-electron chi connectivity index (χ1n) is 6.81. The molecule has 0 saturated carbocycles. The summed E-state index contributed by atoms with van der Waals surface area (Å²) in [4.78, 5) is 8.03. The van der Waals surface area contributed by atoms with Crippen molar-refractivity contribution in [2.24, 2.45) is 4.99 Å². The summed E-state index contributed by atoms with van der Waals surface area (Å²) in [6.45, 7) is 7.47. The standard InChI is InChI=1S/C18H19N3/c1-4-5-16(13-19-3)15-6-8-17(9-7-15)21-18-10-11-20-14(2)12-18/h4-13H,3H2,1-2H3,(H,20,21)/b5-4-,16-13+. The van der Waals surface area contributed by atoms with Crippen LogP contribution in [0.1, 0.15) is 18.2 Å². The van der Waals surface area contributed by atoms with Crippen molar-refractivity contribution in [1.82, 2.24) is 4.98 Å². The van der Waals surface area contributed by atoms with Crippen LogP contribution in [0.15, 0.2) is 65.9 Å². The minimum absolute atomic E-state index is 0.993. The van der Waals surface area contributed by atoms with Crippen LogP contribution in [-0.4, -0.2) is 11.7 Å². The number of allylic oxidation sites excluding steroid dienone is 3. The maximum atomic E-state index is 4.19. The second-order valence-corrected chi connectivity index (χ2v) is 4.66. The Kier molecular flexibility index (Phi) is 5.04. The largest absolute Gasteiger partial charge is 0.355 e. The van der Waals surface area contributed by atoms with E-state index >= 15 is 0 Å². The Morgan fingerprint density at radius 2 is 1.95 bits per heavy atom.